The minimum absolute atomic E-state index is 0.0706. The highest BCUT2D eigenvalue weighted by Crippen LogP contribution is 2.67. The van der Waals surface area contributed by atoms with Gasteiger partial charge < -0.3 is 19.5 Å². The van der Waals surface area contributed by atoms with Crippen LogP contribution in [-0.2, 0) is 11.2 Å². The zero-order valence-electron chi connectivity index (χ0n) is 20.2. The van der Waals surface area contributed by atoms with Crippen LogP contribution in [0.4, 0.5) is 0 Å². The Balaban J connectivity index is 0.000000499. The molecule has 1 fully saturated rings. The van der Waals surface area contributed by atoms with Crippen molar-refractivity contribution in [2.45, 2.75) is 36.9 Å². The lowest BCUT2D eigenvalue weighted by Crippen LogP contribution is -2.48. The number of nitriles is 1. The normalized spacial score (nSPS) is 24.3. The van der Waals surface area contributed by atoms with Crippen LogP contribution in [0.1, 0.15) is 47.9 Å². The molecule has 0 bridgehead atoms. The van der Waals surface area contributed by atoms with Crippen molar-refractivity contribution < 1.29 is 14.6 Å². The molecule has 1 aliphatic carbocycles. The average Bonchev–Trinajstić information content (AvgIpc) is 3.32. The Bertz CT molecular complexity index is 1170. The fourth-order valence-corrected chi connectivity index (χ4v) is 5.11. The summed E-state index contributed by atoms with van der Waals surface area (Å²) in [5.41, 5.74) is 0.860. The van der Waals surface area contributed by atoms with E-state index in [1.165, 1.54) is 0 Å². The van der Waals surface area contributed by atoms with E-state index in [1.807, 2.05) is 30.3 Å². The summed E-state index contributed by atoms with van der Waals surface area (Å²) in [4.78, 5) is 6.36. The molecule has 3 atom stereocenters. The van der Waals surface area contributed by atoms with Crippen LogP contribution in [-0.4, -0.2) is 42.7 Å². The molecular formula is C28H31N3O3. The molecule has 2 aromatic carbocycles. The van der Waals surface area contributed by atoms with E-state index in [2.05, 4.69) is 49.1 Å². The van der Waals surface area contributed by atoms with Crippen LogP contribution in [0.25, 0.3) is 0 Å². The first-order valence-electron chi connectivity index (χ1n) is 11.6. The summed E-state index contributed by atoms with van der Waals surface area (Å²) in [6.45, 7) is 3.26. The van der Waals surface area contributed by atoms with Crippen molar-refractivity contribution >= 4 is 0 Å². The number of pyridine rings is 1. The molecule has 5 rings (SSSR count). The predicted molar refractivity (Wildman–Crippen MR) is 131 cm³/mol. The van der Waals surface area contributed by atoms with Crippen molar-refractivity contribution in [3.8, 4) is 17.6 Å². The van der Waals surface area contributed by atoms with Crippen molar-refractivity contribution in [1.29, 1.82) is 5.26 Å². The summed E-state index contributed by atoms with van der Waals surface area (Å²) in [6.07, 6.45) is 4.54. The molecule has 6 nitrogen and oxygen atoms in total. The molecule has 0 saturated heterocycles. The summed E-state index contributed by atoms with van der Waals surface area (Å²) >= 11 is 0. The maximum Gasteiger partial charge on any atom is 0.174 e. The third kappa shape index (κ3) is 3.71. The van der Waals surface area contributed by atoms with Gasteiger partial charge in [-0.2, -0.15) is 5.26 Å². The number of rotatable bonds is 4. The van der Waals surface area contributed by atoms with Crippen LogP contribution >= 0.6 is 0 Å². The Kier molecular flexibility index (Phi) is 6.60. The maximum absolute atomic E-state index is 12.2. The maximum atomic E-state index is 12.2. The van der Waals surface area contributed by atoms with Gasteiger partial charge in [0.05, 0.1) is 36.7 Å². The number of aliphatic hydroxyl groups is 1. The summed E-state index contributed by atoms with van der Waals surface area (Å²) < 4.78 is 12.2. The standard InChI is InChI=1S/C24H20N2O3.C4H11N/c1-28-20-14-26-15-21-22(20)23(27)12-11-19(17-5-3-2-4-6-17)24(23,29-21)18-9-7-16(13-25)8-10-18;1-4-5(2)3/h2-10,14-15,19,27H,11-12H2,1H3;4H2,1-3H3/t19-,23+,24-;/m0./s1. The van der Waals surface area contributed by atoms with E-state index in [4.69, 9.17) is 9.47 Å². The monoisotopic (exact) mass is 457 g/mol. The smallest absolute Gasteiger partial charge is 0.174 e. The second-order valence-electron chi connectivity index (χ2n) is 9.00. The third-order valence-electron chi connectivity index (χ3n) is 6.96. The lowest BCUT2D eigenvalue weighted by molar-refractivity contribution is -0.106. The molecule has 6 heteroatoms. The fraction of sp³-hybridized carbons (Fsp3) is 0.357. The van der Waals surface area contributed by atoms with Gasteiger partial charge in [-0.1, -0.05) is 49.4 Å². The number of fused-ring (bicyclic) bond motifs is 3. The van der Waals surface area contributed by atoms with Gasteiger partial charge in [0.1, 0.15) is 17.1 Å². The van der Waals surface area contributed by atoms with E-state index in [-0.39, 0.29) is 5.92 Å². The van der Waals surface area contributed by atoms with Gasteiger partial charge in [-0.25, -0.2) is 0 Å². The zero-order chi connectivity index (χ0) is 24.3. The van der Waals surface area contributed by atoms with E-state index in [9.17, 15) is 10.4 Å². The number of methoxy groups -OCH3 is 1. The zero-order valence-corrected chi connectivity index (χ0v) is 20.2. The van der Waals surface area contributed by atoms with Gasteiger partial charge in [-0.3, -0.25) is 4.98 Å². The molecule has 1 saturated carbocycles. The van der Waals surface area contributed by atoms with Crippen molar-refractivity contribution in [3.05, 3.63) is 89.2 Å². The largest absolute Gasteiger partial charge is 0.495 e. The van der Waals surface area contributed by atoms with Crippen LogP contribution in [0, 0.1) is 11.3 Å². The summed E-state index contributed by atoms with van der Waals surface area (Å²) in [7, 11) is 5.69. The van der Waals surface area contributed by atoms with Crippen LogP contribution in [0.15, 0.2) is 67.0 Å². The number of benzene rings is 2. The van der Waals surface area contributed by atoms with Crippen LogP contribution in [0.3, 0.4) is 0 Å². The number of hydrogen-bond donors (Lipinski definition) is 1. The Labute approximate surface area is 201 Å². The molecule has 0 spiro atoms. The van der Waals surface area contributed by atoms with Gasteiger partial charge in [0.15, 0.2) is 5.60 Å². The number of nitrogens with zero attached hydrogens (tertiary/aromatic N) is 3. The van der Waals surface area contributed by atoms with E-state index >= 15 is 0 Å². The van der Waals surface area contributed by atoms with Crippen LogP contribution in [0.5, 0.6) is 11.5 Å². The Morgan fingerprint density at radius 3 is 2.41 bits per heavy atom. The summed E-state index contributed by atoms with van der Waals surface area (Å²) in [5, 5.41) is 21.4. The van der Waals surface area contributed by atoms with E-state index in [0.717, 1.165) is 24.1 Å². The molecule has 0 unspecified atom stereocenters. The highest BCUT2D eigenvalue weighted by molar-refractivity contribution is 5.57. The molecule has 34 heavy (non-hydrogen) atoms. The van der Waals surface area contributed by atoms with E-state index in [1.54, 1.807) is 31.6 Å². The Hall–Kier alpha value is -3.40. The Morgan fingerprint density at radius 1 is 1.15 bits per heavy atom. The van der Waals surface area contributed by atoms with Gasteiger partial charge in [0, 0.05) is 5.92 Å². The minimum atomic E-state index is -1.27. The second kappa shape index (κ2) is 9.46. The van der Waals surface area contributed by atoms with Crippen molar-refractivity contribution in [2.24, 2.45) is 0 Å². The quantitative estimate of drug-likeness (QED) is 0.618. The first kappa shape index (κ1) is 23.7. The molecule has 1 aromatic heterocycles. The second-order valence-corrected chi connectivity index (χ2v) is 9.00. The molecule has 3 aromatic rings. The first-order chi connectivity index (χ1) is 16.4. The molecule has 2 heterocycles. The molecular weight excluding hydrogens is 426 g/mol. The average molecular weight is 458 g/mol. The number of hydrogen-bond acceptors (Lipinski definition) is 6. The highest BCUT2D eigenvalue weighted by Gasteiger charge is 2.69. The highest BCUT2D eigenvalue weighted by atomic mass is 16.5. The number of aromatic nitrogens is 1. The third-order valence-corrected chi connectivity index (χ3v) is 6.96. The molecule has 1 N–H and O–H groups in total. The van der Waals surface area contributed by atoms with Gasteiger partial charge in [-0.15, -0.1) is 0 Å². The van der Waals surface area contributed by atoms with Crippen molar-refractivity contribution in [1.82, 2.24) is 9.88 Å². The molecule has 0 amide bonds. The lowest BCUT2D eigenvalue weighted by atomic mass is 9.71. The lowest BCUT2D eigenvalue weighted by Gasteiger charge is -2.40. The summed E-state index contributed by atoms with van der Waals surface area (Å²) in [5.74, 6) is 0.991. The van der Waals surface area contributed by atoms with Gasteiger partial charge >= 0.3 is 0 Å². The van der Waals surface area contributed by atoms with E-state index < -0.39 is 11.2 Å². The SMILES string of the molecule is CCN(C)C.COc1cncc2c1[C@]1(O)CC[C@@H](c3ccccc3)[C@]1(c1ccc(C#N)cc1)O2. The fourth-order valence-electron chi connectivity index (χ4n) is 5.11. The van der Waals surface area contributed by atoms with Crippen LogP contribution in [0.2, 0.25) is 0 Å². The van der Waals surface area contributed by atoms with Gasteiger partial charge in [0.2, 0.25) is 0 Å². The minimum Gasteiger partial charge on any atom is -0.495 e. The topological polar surface area (TPSA) is 78.6 Å². The van der Waals surface area contributed by atoms with Crippen molar-refractivity contribution in [2.75, 3.05) is 27.7 Å². The number of ether oxygens (including phenoxy) is 2. The van der Waals surface area contributed by atoms with Crippen molar-refractivity contribution in [3.63, 3.8) is 0 Å². The van der Waals surface area contributed by atoms with Gasteiger partial charge in [0.25, 0.3) is 0 Å². The molecule has 2 aliphatic rings. The molecule has 176 valence electrons. The predicted octanol–water partition coefficient (Wildman–Crippen LogP) is 4.58. The van der Waals surface area contributed by atoms with E-state index in [0.29, 0.717) is 29.0 Å². The molecule has 1 aliphatic heterocycles. The van der Waals surface area contributed by atoms with Gasteiger partial charge in [-0.05, 0) is 56.7 Å². The molecule has 0 radical (unpaired) electrons. The first-order valence-corrected chi connectivity index (χ1v) is 11.6. The van der Waals surface area contributed by atoms with Crippen LogP contribution < -0.4 is 9.47 Å². The Morgan fingerprint density at radius 2 is 1.82 bits per heavy atom. The summed E-state index contributed by atoms with van der Waals surface area (Å²) in [6, 6.07) is 19.6.